The van der Waals surface area contributed by atoms with E-state index in [1.165, 1.54) is 0 Å². The summed E-state index contributed by atoms with van der Waals surface area (Å²) in [5.74, 6) is -3.46. The summed E-state index contributed by atoms with van der Waals surface area (Å²) in [4.78, 5) is 29.9. The van der Waals surface area contributed by atoms with Crippen LogP contribution in [0.4, 0.5) is 22.0 Å². The molecule has 160 valence electrons. The topological polar surface area (TPSA) is 85.2 Å². The average molecular weight is 430 g/mol. The number of hydrogen-bond donors (Lipinski definition) is 1. The molecule has 0 atom stereocenters. The lowest BCUT2D eigenvalue weighted by atomic mass is 10.0. The Labute approximate surface area is 165 Å². The van der Waals surface area contributed by atoms with Crippen LogP contribution >= 0.6 is 0 Å². The molecule has 0 aliphatic carbocycles. The van der Waals surface area contributed by atoms with Crippen molar-refractivity contribution in [2.45, 2.75) is 39.0 Å². The predicted molar refractivity (Wildman–Crippen MR) is 95.6 cm³/mol. The van der Waals surface area contributed by atoms with Crippen molar-refractivity contribution in [3.8, 4) is 6.01 Å². The van der Waals surface area contributed by atoms with Crippen LogP contribution in [0, 0.1) is 0 Å². The molecule has 0 saturated carbocycles. The summed E-state index contributed by atoms with van der Waals surface area (Å²) in [6.45, 7) is 1.47. The van der Waals surface area contributed by atoms with Crippen molar-refractivity contribution in [2.75, 3.05) is 0 Å². The van der Waals surface area contributed by atoms with E-state index in [2.05, 4.69) is 9.97 Å². The second-order valence-electron chi connectivity index (χ2n) is 6.54. The molecule has 0 radical (unpaired) electrons. The highest BCUT2D eigenvalue weighted by Gasteiger charge is 2.36. The molecule has 3 aromatic rings. The van der Waals surface area contributed by atoms with E-state index in [-0.39, 0.29) is 11.1 Å². The number of nitrogens with zero attached hydrogens (tertiary/aromatic N) is 1. The molecule has 2 heterocycles. The molecule has 1 aromatic carbocycles. The zero-order valence-electron chi connectivity index (χ0n) is 15.7. The largest absolute Gasteiger partial charge is 0.460 e. The monoisotopic (exact) mass is 430 g/mol. The third kappa shape index (κ3) is 4.34. The molecule has 0 bridgehead atoms. The Morgan fingerprint density at radius 3 is 2.40 bits per heavy atom. The zero-order chi connectivity index (χ0) is 22.3. The zero-order valence-corrected chi connectivity index (χ0v) is 15.7. The molecule has 0 fully saturated rings. The second-order valence-corrected chi connectivity index (χ2v) is 6.54. The Bertz CT molecular complexity index is 1210. The maximum Gasteiger partial charge on any atom is 0.416 e. The lowest BCUT2D eigenvalue weighted by molar-refractivity contribution is -0.138. The van der Waals surface area contributed by atoms with Gasteiger partial charge in [-0.25, -0.2) is 13.6 Å². The van der Waals surface area contributed by atoms with E-state index in [0.717, 1.165) is 18.2 Å². The first kappa shape index (κ1) is 21.5. The lowest BCUT2D eigenvalue weighted by Gasteiger charge is -2.17. The smallest absolute Gasteiger partial charge is 0.416 e. The standard InChI is InChI=1S/C19H15F5N2O4/c1-3-9-6-13(27)30-16-14(9)15(28)25-17(26-16)29-8-10-4-5-11(18(2,20)21)7-12(10)19(22,23)24/h4-7H,3,8H2,1-2H3,(H,25,26,28). The van der Waals surface area contributed by atoms with E-state index >= 15 is 0 Å². The van der Waals surface area contributed by atoms with Crippen molar-refractivity contribution in [1.82, 2.24) is 9.97 Å². The highest BCUT2D eigenvalue weighted by atomic mass is 19.4. The third-order valence-electron chi connectivity index (χ3n) is 4.34. The molecule has 0 saturated heterocycles. The first-order valence-electron chi connectivity index (χ1n) is 8.68. The first-order chi connectivity index (χ1) is 13.9. The SMILES string of the molecule is CCc1cc(=O)oc2nc(OCc3ccc(C(C)(F)F)cc3C(F)(F)F)[nH]c(=O)c12. The molecule has 0 amide bonds. The van der Waals surface area contributed by atoms with Gasteiger partial charge in [-0.3, -0.25) is 9.78 Å². The second kappa shape index (κ2) is 7.54. The molecule has 6 nitrogen and oxygen atoms in total. The number of aromatic nitrogens is 2. The first-order valence-corrected chi connectivity index (χ1v) is 8.68. The Kier molecular flexibility index (Phi) is 5.40. The molecule has 0 aliphatic rings. The van der Waals surface area contributed by atoms with Crippen molar-refractivity contribution in [3.63, 3.8) is 0 Å². The minimum absolute atomic E-state index is 0.0231. The van der Waals surface area contributed by atoms with Gasteiger partial charge in [0.05, 0.1) is 5.56 Å². The fraction of sp³-hybridized carbons (Fsp3) is 0.316. The van der Waals surface area contributed by atoms with Crippen molar-refractivity contribution in [2.24, 2.45) is 0 Å². The van der Waals surface area contributed by atoms with Gasteiger partial charge in [-0.15, -0.1) is 0 Å². The summed E-state index contributed by atoms with van der Waals surface area (Å²) in [5.41, 5.74) is -3.94. The van der Waals surface area contributed by atoms with Crippen LogP contribution in [0.15, 0.2) is 38.3 Å². The van der Waals surface area contributed by atoms with Gasteiger partial charge in [-0.05, 0) is 18.1 Å². The number of alkyl halides is 5. The van der Waals surface area contributed by atoms with E-state index in [1.807, 2.05) is 0 Å². The normalized spacial score (nSPS) is 12.4. The number of hydrogen-bond acceptors (Lipinski definition) is 5. The molecule has 0 aliphatic heterocycles. The molecule has 11 heteroatoms. The van der Waals surface area contributed by atoms with E-state index in [1.54, 1.807) is 6.92 Å². The molecule has 1 N–H and O–H groups in total. The number of halogens is 5. The fourth-order valence-corrected chi connectivity index (χ4v) is 2.86. The Hall–Kier alpha value is -3.24. The summed E-state index contributed by atoms with van der Waals surface area (Å²) in [6, 6.07) is 2.73. The number of aromatic amines is 1. The highest BCUT2D eigenvalue weighted by molar-refractivity contribution is 5.75. The van der Waals surface area contributed by atoms with E-state index in [4.69, 9.17) is 9.15 Å². The summed E-state index contributed by atoms with van der Waals surface area (Å²) in [6.07, 6.45) is -4.57. The maximum absolute atomic E-state index is 13.4. The molecular weight excluding hydrogens is 415 g/mol. The molecule has 30 heavy (non-hydrogen) atoms. The summed E-state index contributed by atoms with van der Waals surface area (Å²) >= 11 is 0. The lowest BCUT2D eigenvalue weighted by Crippen LogP contribution is -2.17. The summed E-state index contributed by atoms with van der Waals surface area (Å²) in [5, 5.41) is 0.0231. The maximum atomic E-state index is 13.4. The van der Waals surface area contributed by atoms with Crippen LogP contribution in [0.25, 0.3) is 11.1 Å². The predicted octanol–water partition coefficient (Wildman–Crippen LogP) is 4.15. The number of ether oxygens (including phenoxy) is 1. The van der Waals surface area contributed by atoms with Crippen LogP contribution < -0.4 is 15.9 Å². The van der Waals surface area contributed by atoms with Crippen molar-refractivity contribution >= 4 is 11.1 Å². The minimum atomic E-state index is -4.91. The Morgan fingerprint density at radius 2 is 1.80 bits per heavy atom. The minimum Gasteiger partial charge on any atom is -0.460 e. The van der Waals surface area contributed by atoms with Gasteiger partial charge in [0.25, 0.3) is 17.5 Å². The van der Waals surface area contributed by atoms with Crippen LogP contribution in [0.2, 0.25) is 0 Å². The van der Waals surface area contributed by atoms with Crippen LogP contribution in [0.3, 0.4) is 0 Å². The van der Waals surface area contributed by atoms with Crippen molar-refractivity contribution in [3.05, 3.63) is 67.3 Å². The van der Waals surface area contributed by atoms with E-state index in [0.29, 0.717) is 25.0 Å². The highest BCUT2D eigenvalue weighted by Crippen LogP contribution is 2.36. The quantitative estimate of drug-likeness (QED) is 0.615. The molecule has 0 spiro atoms. The van der Waals surface area contributed by atoms with Gasteiger partial charge in [0.15, 0.2) is 0 Å². The van der Waals surface area contributed by atoms with Gasteiger partial charge >= 0.3 is 11.8 Å². The Morgan fingerprint density at radius 1 is 1.10 bits per heavy atom. The van der Waals surface area contributed by atoms with Crippen molar-refractivity contribution in [1.29, 1.82) is 0 Å². The van der Waals surface area contributed by atoms with E-state index < -0.39 is 52.6 Å². The number of rotatable bonds is 5. The average Bonchev–Trinajstić information content (AvgIpc) is 2.63. The van der Waals surface area contributed by atoms with Crippen LogP contribution in [-0.4, -0.2) is 9.97 Å². The third-order valence-corrected chi connectivity index (χ3v) is 4.34. The van der Waals surface area contributed by atoms with Crippen molar-refractivity contribution < 1.29 is 31.1 Å². The number of aryl methyl sites for hydroxylation is 1. The number of nitrogens with one attached hydrogen (secondary N) is 1. The fourth-order valence-electron chi connectivity index (χ4n) is 2.86. The number of benzene rings is 1. The van der Waals surface area contributed by atoms with Crippen LogP contribution in [-0.2, 0) is 25.1 Å². The van der Waals surface area contributed by atoms with Gasteiger partial charge in [0, 0.05) is 24.1 Å². The van der Waals surface area contributed by atoms with Gasteiger partial charge in [0.2, 0.25) is 5.71 Å². The van der Waals surface area contributed by atoms with Crippen LogP contribution in [0.1, 0.15) is 36.1 Å². The molecule has 2 aromatic heterocycles. The van der Waals surface area contributed by atoms with Gasteiger partial charge in [-0.2, -0.15) is 18.2 Å². The number of H-pyrrole nitrogens is 1. The van der Waals surface area contributed by atoms with Gasteiger partial charge < -0.3 is 9.15 Å². The molecule has 3 rings (SSSR count). The Balaban J connectivity index is 1.98. The number of fused-ring (bicyclic) bond motifs is 1. The molecular formula is C19H15F5N2O4. The van der Waals surface area contributed by atoms with Gasteiger partial charge in [-0.1, -0.05) is 19.1 Å². The van der Waals surface area contributed by atoms with Gasteiger partial charge in [0.1, 0.15) is 12.0 Å². The molecule has 0 unspecified atom stereocenters. The van der Waals surface area contributed by atoms with Crippen LogP contribution in [0.5, 0.6) is 6.01 Å². The summed E-state index contributed by atoms with van der Waals surface area (Å²) < 4.78 is 76.8. The summed E-state index contributed by atoms with van der Waals surface area (Å²) in [7, 11) is 0. The van der Waals surface area contributed by atoms with E-state index in [9.17, 15) is 31.5 Å².